The van der Waals surface area contributed by atoms with E-state index >= 15 is 0 Å². The number of rotatable bonds is 2. The van der Waals surface area contributed by atoms with Crippen LogP contribution in [-0.2, 0) is 0 Å². The first kappa shape index (κ1) is 7.53. The van der Waals surface area contributed by atoms with Crippen LogP contribution in [0.2, 0.25) is 0 Å². The molecule has 0 atom stereocenters. The summed E-state index contributed by atoms with van der Waals surface area (Å²) < 4.78 is 0.317. The van der Waals surface area contributed by atoms with Gasteiger partial charge in [0.15, 0.2) is 0 Å². The van der Waals surface area contributed by atoms with E-state index in [1.165, 1.54) is 0 Å². The molecule has 1 rings (SSSR count). The van der Waals surface area contributed by atoms with Gasteiger partial charge in [-0.1, -0.05) is 0 Å². The second-order valence-corrected chi connectivity index (χ2v) is 4.61. The molecular weight excluding hydrogens is 243 g/mol. The molecular formula is C7H7IO2. The molecule has 1 N–H and O–H groups in total. The molecule has 0 saturated carbocycles. The van der Waals surface area contributed by atoms with Crippen LogP contribution in [0, 0.1) is 3.57 Å². The summed E-state index contributed by atoms with van der Waals surface area (Å²) in [6, 6.07) is 9.33. The molecule has 2 nitrogen and oxygen atoms in total. The normalized spacial score (nSPS) is 9.60. The number of halogens is 1. The van der Waals surface area contributed by atoms with Crippen LogP contribution in [0.5, 0.6) is 0 Å². The number of benzene rings is 1. The van der Waals surface area contributed by atoms with Crippen LogP contribution < -0.4 is 0 Å². The second kappa shape index (κ2) is 3.55. The van der Waals surface area contributed by atoms with Crippen LogP contribution in [0.15, 0.2) is 30.3 Å². The van der Waals surface area contributed by atoms with Gasteiger partial charge in [-0.2, -0.15) is 0 Å². The summed E-state index contributed by atoms with van der Waals surface area (Å²) in [5.74, 6) is 0. The summed E-state index contributed by atoms with van der Waals surface area (Å²) in [5.41, 5.74) is 0. The third kappa shape index (κ3) is 2.34. The van der Waals surface area contributed by atoms with E-state index in [2.05, 4.69) is 0 Å². The Hall–Kier alpha value is -0.580. The monoisotopic (exact) mass is 250 g/mol. The predicted octanol–water partition coefficient (Wildman–Crippen LogP) is 2.24. The van der Waals surface area contributed by atoms with Crippen LogP contribution >= 0.6 is 21.2 Å². The molecule has 0 spiro atoms. The van der Waals surface area contributed by atoms with Crippen LogP contribution in [-0.4, -0.2) is 9.08 Å². The topological polar surface area (TPSA) is 37.3 Å². The Labute approximate surface area is 69.1 Å². The van der Waals surface area contributed by atoms with E-state index in [-0.39, 0.29) is 0 Å². The summed E-state index contributed by atoms with van der Waals surface area (Å²) in [7, 11) is 0. The Kier molecular flexibility index (Phi) is 2.68. The maximum absolute atomic E-state index is 10.2. The van der Waals surface area contributed by atoms with Gasteiger partial charge in [-0.3, -0.25) is 0 Å². The van der Waals surface area contributed by atoms with Gasteiger partial charge in [0, 0.05) is 0 Å². The van der Waals surface area contributed by atoms with Gasteiger partial charge in [0.2, 0.25) is 0 Å². The zero-order valence-corrected chi connectivity index (χ0v) is 7.48. The minimum absolute atomic E-state index is 0.656. The Morgan fingerprint density at radius 1 is 1.30 bits per heavy atom. The number of hydrogen-bond acceptors (Lipinski definition) is 1. The molecule has 0 aromatic heterocycles. The molecule has 0 amide bonds. The summed E-state index contributed by atoms with van der Waals surface area (Å²) in [5, 5.41) is 8.42. The van der Waals surface area contributed by atoms with Gasteiger partial charge in [-0.05, 0) is 0 Å². The molecule has 0 aliphatic rings. The molecule has 0 aliphatic carbocycles. The molecule has 0 bridgehead atoms. The SMILES string of the molecule is O=C(O)[IH]c1ccccc1. The van der Waals surface area contributed by atoms with Crippen LogP contribution in [0.25, 0.3) is 0 Å². The standard InChI is InChI=1S/C7H7IO2/c9-7(10)8-6-4-2-1-3-5-6/h1-5,8H,(H,9,10). The quantitative estimate of drug-likeness (QED) is 0.645. The number of carboxylic acid groups (broad SMARTS) is 1. The Balaban J connectivity index is 2.67. The molecule has 1 aromatic rings. The Bertz CT molecular complexity index is 220. The van der Waals surface area contributed by atoms with Crippen molar-refractivity contribution in [3.8, 4) is 0 Å². The van der Waals surface area contributed by atoms with Crippen molar-refractivity contribution in [1.29, 1.82) is 0 Å². The first-order chi connectivity index (χ1) is 4.79. The average Bonchev–Trinajstić information content (AvgIpc) is 1.88. The summed E-state index contributed by atoms with van der Waals surface area (Å²) in [4.78, 5) is 10.2. The Morgan fingerprint density at radius 2 is 1.90 bits per heavy atom. The minimum atomic E-state index is -0.985. The fraction of sp³-hybridized carbons (Fsp3) is 0. The van der Waals surface area contributed by atoms with E-state index in [1.807, 2.05) is 30.3 Å². The molecule has 10 heavy (non-hydrogen) atoms. The summed E-state index contributed by atoms with van der Waals surface area (Å²) in [6.45, 7) is 0. The number of hydrogen-bond donors (Lipinski definition) is 1. The molecule has 0 saturated heterocycles. The van der Waals surface area contributed by atoms with Gasteiger partial charge in [0.1, 0.15) is 0 Å². The van der Waals surface area contributed by atoms with Crippen molar-refractivity contribution in [2.45, 2.75) is 0 Å². The Morgan fingerprint density at radius 3 is 2.40 bits per heavy atom. The third-order valence-electron chi connectivity index (χ3n) is 0.948. The fourth-order valence-corrected chi connectivity index (χ4v) is 2.00. The maximum atomic E-state index is 10.2. The van der Waals surface area contributed by atoms with Crippen molar-refractivity contribution in [3.05, 3.63) is 33.9 Å². The second-order valence-electron chi connectivity index (χ2n) is 1.68. The zero-order chi connectivity index (χ0) is 7.40. The van der Waals surface area contributed by atoms with E-state index < -0.39 is 25.2 Å². The van der Waals surface area contributed by atoms with Gasteiger partial charge in [-0.15, -0.1) is 0 Å². The third-order valence-corrected chi connectivity index (χ3v) is 2.90. The van der Waals surface area contributed by atoms with Gasteiger partial charge in [-0.25, -0.2) is 0 Å². The van der Waals surface area contributed by atoms with Crippen molar-refractivity contribution in [3.63, 3.8) is 0 Å². The first-order valence-electron chi connectivity index (χ1n) is 2.75. The van der Waals surface area contributed by atoms with E-state index in [4.69, 9.17) is 5.11 Å². The van der Waals surface area contributed by atoms with E-state index in [0.717, 1.165) is 3.57 Å². The van der Waals surface area contributed by atoms with Crippen LogP contribution in [0.3, 0.4) is 0 Å². The summed E-state index contributed by atoms with van der Waals surface area (Å²) >= 11 is -0.985. The molecule has 1 aromatic carbocycles. The molecule has 54 valence electrons. The van der Waals surface area contributed by atoms with Gasteiger partial charge in [0.25, 0.3) is 0 Å². The van der Waals surface area contributed by atoms with Crippen LogP contribution in [0.4, 0.5) is 4.79 Å². The summed E-state index contributed by atoms with van der Waals surface area (Å²) in [6.07, 6.45) is 0. The van der Waals surface area contributed by atoms with E-state index in [9.17, 15) is 4.79 Å². The molecule has 0 fully saturated rings. The molecule has 0 heterocycles. The predicted molar refractivity (Wildman–Crippen MR) is 48.6 cm³/mol. The number of carbonyl (C=O) groups is 1. The van der Waals surface area contributed by atoms with Crippen molar-refractivity contribution in [2.75, 3.05) is 0 Å². The molecule has 0 radical (unpaired) electrons. The fourth-order valence-electron chi connectivity index (χ4n) is 0.589. The van der Waals surface area contributed by atoms with Crippen molar-refractivity contribution < 1.29 is 9.90 Å². The van der Waals surface area contributed by atoms with Crippen molar-refractivity contribution in [1.82, 2.24) is 0 Å². The average molecular weight is 250 g/mol. The molecule has 3 heteroatoms. The van der Waals surface area contributed by atoms with Gasteiger partial charge < -0.3 is 0 Å². The van der Waals surface area contributed by atoms with Crippen molar-refractivity contribution in [2.24, 2.45) is 0 Å². The zero-order valence-electron chi connectivity index (χ0n) is 5.15. The van der Waals surface area contributed by atoms with Gasteiger partial charge >= 0.3 is 69.0 Å². The van der Waals surface area contributed by atoms with Crippen LogP contribution in [0.1, 0.15) is 0 Å². The van der Waals surface area contributed by atoms with Crippen molar-refractivity contribution >= 4 is 25.2 Å². The van der Waals surface area contributed by atoms with Gasteiger partial charge in [0.05, 0.1) is 0 Å². The van der Waals surface area contributed by atoms with E-state index in [0.29, 0.717) is 0 Å². The van der Waals surface area contributed by atoms with E-state index in [1.54, 1.807) is 0 Å². The molecule has 0 unspecified atom stereocenters. The molecule has 0 aliphatic heterocycles. The first-order valence-corrected chi connectivity index (χ1v) is 5.08.